The number of hydrogen-bond donors (Lipinski definition) is 1. The molecule has 9 heteroatoms. The van der Waals surface area contributed by atoms with Crippen molar-refractivity contribution in [1.82, 2.24) is 14.8 Å². The number of methoxy groups -OCH3 is 1. The van der Waals surface area contributed by atoms with Crippen molar-refractivity contribution >= 4 is 35.0 Å². The predicted molar refractivity (Wildman–Crippen MR) is 129 cm³/mol. The van der Waals surface area contributed by atoms with E-state index in [0.717, 1.165) is 17.0 Å². The molecule has 0 unspecified atom stereocenters. The predicted octanol–water partition coefficient (Wildman–Crippen LogP) is 5.20. The van der Waals surface area contributed by atoms with Gasteiger partial charge in [0.2, 0.25) is 5.91 Å². The number of nitrogens with zero attached hydrogens (tertiary/aromatic N) is 4. The summed E-state index contributed by atoms with van der Waals surface area (Å²) in [5, 5.41) is 21.7. The lowest BCUT2D eigenvalue weighted by molar-refractivity contribution is -0.113. The van der Waals surface area contributed by atoms with Crippen molar-refractivity contribution in [2.75, 3.05) is 18.2 Å². The van der Waals surface area contributed by atoms with Crippen LogP contribution in [0.1, 0.15) is 5.56 Å². The first-order chi connectivity index (χ1) is 16.1. The lowest BCUT2D eigenvalue weighted by Crippen LogP contribution is -2.15. The van der Waals surface area contributed by atoms with Crippen LogP contribution in [-0.2, 0) is 4.79 Å². The molecule has 1 amide bonds. The Bertz CT molecular complexity index is 1320. The number of ether oxygens (including phenoxy) is 1. The van der Waals surface area contributed by atoms with Crippen molar-refractivity contribution < 1.29 is 9.53 Å². The second-order valence-electron chi connectivity index (χ2n) is 6.84. The summed E-state index contributed by atoms with van der Waals surface area (Å²) in [7, 11) is 1.61. The van der Waals surface area contributed by atoms with Gasteiger partial charge >= 0.3 is 0 Å². The van der Waals surface area contributed by atoms with Gasteiger partial charge in [-0.25, -0.2) is 0 Å². The van der Waals surface area contributed by atoms with Crippen LogP contribution in [0.15, 0.2) is 78.0 Å². The number of anilines is 1. The van der Waals surface area contributed by atoms with Crippen LogP contribution < -0.4 is 10.1 Å². The van der Waals surface area contributed by atoms with E-state index >= 15 is 0 Å². The maximum atomic E-state index is 12.6. The Hall–Kier alpha value is -3.80. The van der Waals surface area contributed by atoms with Crippen molar-refractivity contribution in [1.29, 1.82) is 5.26 Å². The molecule has 0 aliphatic heterocycles. The molecule has 0 saturated heterocycles. The highest BCUT2D eigenvalue weighted by Crippen LogP contribution is 2.29. The van der Waals surface area contributed by atoms with E-state index in [9.17, 15) is 10.1 Å². The lowest BCUT2D eigenvalue weighted by atomic mass is 10.2. The number of amides is 1. The molecule has 0 radical (unpaired) electrons. The van der Waals surface area contributed by atoms with Gasteiger partial charge in [0.15, 0.2) is 11.0 Å². The smallest absolute Gasteiger partial charge is 0.234 e. The molecule has 0 spiro atoms. The Labute approximate surface area is 200 Å². The van der Waals surface area contributed by atoms with Crippen LogP contribution in [0.2, 0.25) is 5.02 Å². The maximum absolute atomic E-state index is 12.6. The Morgan fingerprint density at radius 3 is 2.58 bits per heavy atom. The molecule has 0 atom stereocenters. The Kier molecular flexibility index (Phi) is 6.93. The second-order valence-corrected chi connectivity index (χ2v) is 8.22. The minimum absolute atomic E-state index is 0.0699. The molecule has 4 aromatic rings. The molecule has 1 N–H and O–H groups in total. The minimum Gasteiger partial charge on any atom is -0.497 e. The minimum atomic E-state index is -0.288. The average Bonchev–Trinajstić information content (AvgIpc) is 3.27. The van der Waals surface area contributed by atoms with Crippen molar-refractivity contribution in [2.45, 2.75) is 5.16 Å². The fourth-order valence-electron chi connectivity index (χ4n) is 3.14. The number of aromatic nitrogens is 3. The highest BCUT2D eigenvalue weighted by Gasteiger charge is 2.18. The normalized spacial score (nSPS) is 10.5. The van der Waals surface area contributed by atoms with Gasteiger partial charge in [0.05, 0.1) is 24.1 Å². The summed E-state index contributed by atoms with van der Waals surface area (Å²) >= 11 is 7.25. The maximum Gasteiger partial charge on any atom is 0.234 e. The fraction of sp³-hybridized carbons (Fsp3) is 0.0833. The molecule has 0 fully saturated rings. The molecule has 0 aliphatic rings. The van der Waals surface area contributed by atoms with Gasteiger partial charge in [0.25, 0.3) is 0 Å². The number of thioether (sulfide) groups is 1. The molecule has 3 aromatic carbocycles. The number of hydrogen-bond acceptors (Lipinski definition) is 6. The third-order valence-corrected chi connectivity index (χ3v) is 5.87. The molecule has 0 bridgehead atoms. The summed E-state index contributed by atoms with van der Waals surface area (Å²) in [5.41, 5.74) is 2.45. The van der Waals surface area contributed by atoms with Crippen LogP contribution in [0.4, 0.5) is 5.69 Å². The van der Waals surface area contributed by atoms with Gasteiger partial charge in [0, 0.05) is 16.3 Å². The van der Waals surface area contributed by atoms with Crippen LogP contribution >= 0.6 is 23.4 Å². The van der Waals surface area contributed by atoms with Gasteiger partial charge < -0.3 is 10.1 Å². The van der Waals surface area contributed by atoms with E-state index in [2.05, 4.69) is 15.5 Å². The topological polar surface area (TPSA) is 92.8 Å². The molecule has 1 heterocycles. The third-order valence-electron chi connectivity index (χ3n) is 4.70. The number of carbonyl (C=O) groups excluding carboxylic acids is 1. The SMILES string of the molecule is COc1ccc(-n2c(SCC(=O)Nc3cc(Cl)ccc3C#N)nnc2-c2ccccc2)cc1. The summed E-state index contributed by atoms with van der Waals surface area (Å²) < 4.78 is 7.16. The lowest BCUT2D eigenvalue weighted by Gasteiger charge is -2.11. The van der Waals surface area contributed by atoms with E-state index in [1.165, 1.54) is 11.8 Å². The van der Waals surface area contributed by atoms with Gasteiger partial charge in [-0.05, 0) is 42.5 Å². The fourth-order valence-corrected chi connectivity index (χ4v) is 4.06. The average molecular weight is 476 g/mol. The molecule has 0 saturated carbocycles. The first kappa shape index (κ1) is 22.4. The van der Waals surface area contributed by atoms with E-state index < -0.39 is 0 Å². The van der Waals surface area contributed by atoms with Crippen molar-refractivity contribution in [3.63, 3.8) is 0 Å². The van der Waals surface area contributed by atoms with E-state index in [-0.39, 0.29) is 11.7 Å². The van der Waals surface area contributed by atoms with Gasteiger partial charge in [0.1, 0.15) is 11.8 Å². The van der Waals surface area contributed by atoms with Gasteiger partial charge in [-0.15, -0.1) is 10.2 Å². The van der Waals surface area contributed by atoms with Crippen LogP contribution in [-0.4, -0.2) is 33.5 Å². The van der Waals surface area contributed by atoms with E-state index in [1.54, 1.807) is 25.3 Å². The summed E-state index contributed by atoms with van der Waals surface area (Å²) in [5.74, 6) is 1.17. The second kappa shape index (κ2) is 10.2. The number of carbonyl (C=O) groups is 1. The van der Waals surface area contributed by atoms with Crippen LogP contribution in [0.25, 0.3) is 17.1 Å². The molecule has 33 heavy (non-hydrogen) atoms. The van der Waals surface area contributed by atoms with Crippen molar-refractivity contribution in [3.05, 3.63) is 83.4 Å². The summed E-state index contributed by atoms with van der Waals surface area (Å²) in [6, 6.07) is 24.0. The highest BCUT2D eigenvalue weighted by atomic mass is 35.5. The molecular weight excluding hydrogens is 458 g/mol. The molecule has 1 aromatic heterocycles. The summed E-state index contributed by atoms with van der Waals surface area (Å²) in [6.07, 6.45) is 0. The number of halogens is 1. The van der Waals surface area contributed by atoms with E-state index in [4.69, 9.17) is 16.3 Å². The number of nitriles is 1. The number of benzene rings is 3. The van der Waals surface area contributed by atoms with Crippen molar-refractivity contribution in [2.24, 2.45) is 0 Å². The third kappa shape index (κ3) is 5.17. The largest absolute Gasteiger partial charge is 0.497 e. The Morgan fingerprint density at radius 1 is 1.12 bits per heavy atom. The number of nitrogens with one attached hydrogen (secondary N) is 1. The Balaban J connectivity index is 1.60. The monoisotopic (exact) mass is 475 g/mol. The quantitative estimate of drug-likeness (QED) is 0.369. The first-order valence-corrected chi connectivity index (χ1v) is 11.2. The van der Waals surface area contributed by atoms with E-state index in [0.29, 0.717) is 27.3 Å². The zero-order valence-electron chi connectivity index (χ0n) is 17.5. The number of rotatable bonds is 7. The van der Waals surface area contributed by atoms with Crippen LogP contribution in [0, 0.1) is 11.3 Å². The van der Waals surface area contributed by atoms with E-state index in [1.807, 2.05) is 65.2 Å². The zero-order chi connectivity index (χ0) is 23.2. The highest BCUT2D eigenvalue weighted by molar-refractivity contribution is 7.99. The molecule has 164 valence electrons. The molecular formula is C24H18ClN5O2S. The van der Waals surface area contributed by atoms with Crippen LogP contribution in [0.3, 0.4) is 0 Å². The van der Waals surface area contributed by atoms with Crippen LogP contribution in [0.5, 0.6) is 5.75 Å². The summed E-state index contributed by atoms with van der Waals surface area (Å²) in [4.78, 5) is 12.6. The van der Waals surface area contributed by atoms with Crippen molar-refractivity contribution in [3.8, 4) is 28.9 Å². The first-order valence-electron chi connectivity index (χ1n) is 9.86. The van der Waals surface area contributed by atoms with Gasteiger partial charge in [-0.2, -0.15) is 5.26 Å². The summed E-state index contributed by atoms with van der Waals surface area (Å²) in [6.45, 7) is 0. The Morgan fingerprint density at radius 2 is 1.88 bits per heavy atom. The molecule has 4 rings (SSSR count). The zero-order valence-corrected chi connectivity index (χ0v) is 19.1. The van der Waals surface area contributed by atoms with Gasteiger partial charge in [-0.3, -0.25) is 9.36 Å². The van der Waals surface area contributed by atoms with Gasteiger partial charge in [-0.1, -0.05) is 53.7 Å². The molecule has 7 nitrogen and oxygen atoms in total. The standard InChI is InChI=1S/C24H18ClN5O2S/c1-32-20-11-9-19(10-12-20)30-23(16-5-3-2-4-6-16)28-29-24(30)33-15-22(31)27-21-13-18(25)8-7-17(21)14-26/h2-13H,15H2,1H3,(H,27,31). The molecule has 0 aliphatic carbocycles.